The molecule has 2 nitrogen and oxygen atoms in total. The Bertz CT molecular complexity index is 355. The predicted octanol–water partition coefficient (Wildman–Crippen LogP) is 2.77. The van der Waals surface area contributed by atoms with Crippen molar-refractivity contribution in [1.82, 2.24) is 0 Å². The molecule has 0 saturated carbocycles. The summed E-state index contributed by atoms with van der Waals surface area (Å²) in [4.78, 5) is 22.5. The summed E-state index contributed by atoms with van der Waals surface area (Å²) in [5, 5.41) is 0. The van der Waals surface area contributed by atoms with Crippen LogP contribution in [0.2, 0.25) is 0 Å². The molecule has 2 atom stereocenters. The molecule has 1 rings (SSSR count). The summed E-state index contributed by atoms with van der Waals surface area (Å²) in [6.07, 6.45) is -3.16. The summed E-state index contributed by atoms with van der Waals surface area (Å²) in [6.45, 7) is 2.29. The van der Waals surface area contributed by atoms with Crippen molar-refractivity contribution in [3.63, 3.8) is 0 Å². The van der Waals surface area contributed by atoms with E-state index in [1.165, 1.54) is 24.3 Å². The largest absolute Gasteiger partial charge is 0.291 e. The first-order chi connectivity index (χ1) is 7.43. The molecule has 4 heteroatoms. The average Bonchev–Trinajstić information content (AvgIpc) is 2.27. The van der Waals surface area contributed by atoms with E-state index in [0.29, 0.717) is 0 Å². The molecule has 1 aromatic carbocycles. The fourth-order valence-electron chi connectivity index (χ4n) is 1.26. The van der Waals surface area contributed by atoms with E-state index < -0.39 is 23.9 Å². The Morgan fingerprint density at radius 3 is 1.31 bits per heavy atom. The van der Waals surface area contributed by atoms with Crippen molar-refractivity contribution in [2.75, 3.05) is 0 Å². The van der Waals surface area contributed by atoms with E-state index >= 15 is 0 Å². The first kappa shape index (κ1) is 12.5. The molecule has 0 amide bonds. The van der Waals surface area contributed by atoms with Crippen LogP contribution in [0, 0.1) is 0 Å². The van der Waals surface area contributed by atoms with Gasteiger partial charge in [-0.25, -0.2) is 8.78 Å². The Labute approximate surface area is 92.3 Å². The maximum atomic E-state index is 12.7. The van der Waals surface area contributed by atoms with Gasteiger partial charge in [-0.3, -0.25) is 9.59 Å². The van der Waals surface area contributed by atoms with Crippen LogP contribution in [0.5, 0.6) is 0 Å². The highest BCUT2D eigenvalue weighted by molar-refractivity contribution is 6.02. The molecule has 0 saturated heterocycles. The van der Waals surface area contributed by atoms with Gasteiger partial charge in [-0.2, -0.15) is 0 Å². The van der Waals surface area contributed by atoms with Gasteiger partial charge in [0.2, 0.25) is 0 Å². The Morgan fingerprint density at radius 1 is 0.875 bits per heavy atom. The number of alkyl halides is 2. The molecule has 0 aliphatic carbocycles. The Balaban J connectivity index is 2.92. The van der Waals surface area contributed by atoms with E-state index in [1.54, 1.807) is 0 Å². The number of hydrogen-bond acceptors (Lipinski definition) is 2. The maximum absolute atomic E-state index is 12.7. The van der Waals surface area contributed by atoms with Gasteiger partial charge in [0, 0.05) is 11.1 Å². The molecule has 0 radical (unpaired) electrons. The highest BCUT2D eigenvalue weighted by Gasteiger charge is 2.16. The lowest BCUT2D eigenvalue weighted by Gasteiger charge is -2.04. The van der Waals surface area contributed by atoms with Crippen LogP contribution in [0.15, 0.2) is 24.3 Å². The molecule has 0 bridgehead atoms. The number of Topliss-reactive ketones (excluding diaryl/α,β-unsaturated/α-hetero) is 2. The zero-order valence-electron chi connectivity index (χ0n) is 9.04. The fraction of sp³-hybridized carbons (Fsp3) is 0.333. The van der Waals surface area contributed by atoms with Crippen LogP contribution >= 0.6 is 0 Å². The molecule has 0 aliphatic rings. The molecule has 0 aliphatic heterocycles. The molecule has 2 unspecified atom stereocenters. The van der Waals surface area contributed by atoms with Gasteiger partial charge in [0.05, 0.1) is 0 Å². The molecule has 0 N–H and O–H groups in total. The second-order valence-electron chi connectivity index (χ2n) is 3.54. The monoisotopic (exact) mass is 226 g/mol. The summed E-state index contributed by atoms with van der Waals surface area (Å²) >= 11 is 0. The maximum Gasteiger partial charge on any atom is 0.196 e. The second kappa shape index (κ2) is 4.96. The molecule has 0 spiro atoms. The topological polar surface area (TPSA) is 34.1 Å². The van der Waals surface area contributed by atoms with Crippen LogP contribution in [0.25, 0.3) is 0 Å². The molecular formula is C12H12F2O2. The minimum absolute atomic E-state index is 0.179. The highest BCUT2D eigenvalue weighted by atomic mass is 19.1. The van der Waals surface area contributed by atoms with Crippen molar-refractivity contribution in [3.8, 4) is 0 Å². The number of benzene rings is 1. The van der Waals surface area contributed by atoms with Crippen LogP contribution in [0.4, 0.5) is 8.78 Å². The van der Waals surface area contributed by atoms with Gasteiger partial charge < -0.3 is 0 Å². The summed E-state index contributed by atoms with van der Waals surface area (Å²) in [5.41, 5.74) is 0.358. The van der Waals surface area contributed by atoms with Gasteiger partial charge >= 0.3 is 0 Å². The van der Waals surface area contributed by atoms with Crippen LogP contribution < -0.4 is 0 Å². The Kier molecular flexibility index (Phi) is 3.88. The van der Waals surface area contributed by atoms with E-state index in [2.05, 4.69) is 0 Å². The van der Waals surface area contributed by atoms with Crippen molar-refractivity contribution >= 4 is 11.6 Å². The quantitative estimate of drug-likeness (QED) is 0.740. The third kappa shape index (κ3) is 2.72. The molecule has 0 aromatic heterocycles. The van der Waals surface area contributed by atoms with Gasteiger partial charge in [0.15, 0.2) is 23.9 Å². The Hall–Kier alpha value is -1.58. The minimum Gasteiger partial charge on any atom is -0.291 e. The zero-order chi connectivity index (χ0) is 12.3. The van der Waals surface area contributed by atoms with Crippen LogP contribution in [-0.4, -0.2) is 23.9 Å². The zero-order valence-corrected chi connectivity index (χ0v) is 9.04. The normalized spacial score (nSPS) is 14.2. The predicted molar refractivity (Wildman–Crippen MR) is 56.2 cm³/mol. The molecule has 86 valence electrons. The lowest BCUT2D eigenvalue weighted by Crippen LogP contribution is -2.14. The van der Waals surface area contributed by atoms with Crippen molar-refractivity contribution in [1.29, 1.82) is 0 Å². The first-order valence-electron chi connectivity index (χ1n) is 4.90. The van der Waals surface area contributed by atoms with Gasteiger partial charge in [0.25, 0.3) is 0 Å². The summed E-state index contributed by atoms with van der Waals surface area (Å²) in [5.74, 6) is -1.29. The van der Waals surface area contributed by atoms with Crippen molar-refractivity contribution < 1.29 is 18.4 Å². The molecule has 16 heavy (non-hydrogen) atoms. The summed E-state index contributed by atoms with van der Waals surface area (Å²) in [7, 11) is 0. The van der Waals surface area contributed by atoms with Crippen LogP contribution in [-0.2, 0) is 0 Å². The molecule has 1 aromatic rings. The first-order valence-corrected chi connectivity index (χ1v) is 4.90. The third-order valence-electron chi connectivity index (χ3n) is 2.18. The Morgan fingerprint density at radius 2 is 1.12 bits per heavy atom. The van der Waals surface area contributed by atoms with E-state index in [0.717, 1.165) is 13.8 Å². The molecule has 0 heterocycles. The number of ketones is 2. The van der Waals surface area contributed by atoms with E-state index in [1.807, 2.05) is 0 Å². The lowest BCUT2D eigenvalue weighted by atomic mass is 10.0. The highest BCUT2D eigenvalue weighted by Crippen LogP contribution is 2.11. The second-order valence-corrected chi connectivity index (χ2v) is 3.54. The van der Waals surface area contributed by atoms with Crippen LogP contribution in [0.3, 0.4) is 0 Å². The standard InChI is InChI=1S/C12H12F2O2/c1-7(13)11(15)9-3-5-10(6-4-9)12(16)8(2)14/h3-8H,1-2H3. The molecule has 0 fully saturated rings. The van der Waals surface area contributed by atoms with E-state index in [4.69, 9.17) is 0 Å². The SMILES string of the molecule is CC(F)C(=O)c1ccc(C(=O)C(C)F)cc1. The number of halogens is 2. The van der Waals surface area contributed by atoms with E-state index in [-0.39, 0.29) is 11.1 Å². The lowest BCUT2D eigenvalue weighted by molar-refractivity contribution is 0.0883. The van der Waals surface area contributed by atoms with Crippen molar-refractivity contribution in [3.05, 3.63) is 35.4 Å². The number of carbonyl (C=O) groups is 2. The number of carbonyl (C=O) groups excluding carboxylic acids is 2. The fourth-order valence-corrected chi connectivity index (χ4v) is 1.26. The number of rotatable bonds is 4. The average molecular weight is 226 g/mol. The van der Waals surface area contributed by atoms with Gasteiger partial charge in [-0.15, -0.1) is 0 Å². The summed E-state index contributed by atoms with van der Waals surface area (Å²) < 4.78 is 25.4. The van der Waals surface area contributed by atoms with Crippen molar-refractivity contribution in [2.45, 2.75) is 26.2 Å². The minimum atomic E-state index is -1.58. The molecular weight excluding hydrogens is 214 g/mol. The number of hydrogen-bond donors (Lipinski definition) is 0. The van der Waals surface area contributed by atoms with E-state index in [9.17, 15) is 18.4 Å². The van der Waals surface area contributed by atoms with Gasteiger partial charge in [-0.05, 0) is 13.8 Å². The van der Waals surface area contributed by atoms with Gasteiger partial charge in [-0.1, -0.05) is 24.3 Å². The van der Waals surface area contributed by atoms with Gasteiger partial charge in [0.1, 0.15) is 0 Å². The van der Waals surface area contributed by atoms with Crippen LogP contribution in [0.1, 0.15) is 34.6 Å². The summed E-state index contributed by atoms with van der Waals surface area (Å²) in [6, 6.07) is 5.31. The van der Waals surface area contributed by atoms with Crippen molar-refractivity contribution in [2.24, 2.45) is 0 Å². The smallest absolute Gasteiger partial charge is 0.196 e. The third-order valence-corrected chi connectivity index (χ3v) is 2.18.